The largest absolute Gasteiger partial charge is 0.480 e. The third-order valence-corrected chi connectivity index (χ3v) is 2.71. The van der Waals surface area contributed by atoms with Gasteiger partial charge in [0.2, 0.25) is 0 Å². The maximum absolute atomic E-state index is 11.6. The van der Waals surface area contributed by atoms with Gasteiger partial charge in [0, 0.05) is 0 Å². The van der Waals surface area contributed by atoms with Crippen LogP contribution in [-0.2, 0) is 4.79 Å². The van der Waals surface area contributed by atoms with Gasteiger partial charge in [-0.25, -0.2) is 9.59 Å². The number of hydrogen-bond donors (Lipinski definition) is 2. The highest BCUT2D eigenvalue weighted by atomic mass is 16.6. The fourth-order valence-electron chi connectivity index (χ4n) is 1.44. The molecule has 98 valence electrons. The van der Waals surface area contributed by atoms with Crippen molar-refractivity contribution in [2.75, 3.05) is 0 Å². The standard InChI is InChI=1S/C13H17NO4/c1-3-9(2)11(12(15)16)14-13(17)18-10-7-5-4-6-8-10/h4-9,11H,3H2,1-2H3,(H,14,17)(H,15,16)/t9?,11-/m0/s1. The van der Waals surface area contributed by atoms with Gasteiger partial charge in [-0.05, 0) is 18.1 Å². The first-order valence-electron chi connectivity index (χ1n) is 5.80. The molecular weight excluding hydrogens is 234 g/mol. The number of amides is 1. The highest BCUT2D eigenvalue weighted by molar-refractivity contribution is 5.81. The Bertz CT molecular complexity index is 405. The van der Waals surface area contributed by atoms with Crippen molar-refractivity contribution in [2.24, 2.45) is 5.92 Å². The van der Waals surface area contributed by atoms with Gasteiger partial charge in [-0.1, -0.05) is 38.5 Å². The zero-order valence-electron chi connectivity index (χ0n) is 10.4. The molecule has 0 aromatic heterocycles. The third kappa shape index (κ3) is 4.08. The van der Waals surface area contributed by atoms with Gasteiger partial charge in [-0.15, -0.1) is 0 Å². The van der Waals surface area contributed by atoms with Gasteiger partial charge in [-0.2, -0.15) is 0 Å². The molecule has 1 amide bonds. The van der Waals surface area contributed by atoms with E-state index in [4.69, 9.17) is 9.84 Å². The van der Waals surface area contributed by atoms with Crippen molar-refractivity contribution in [3.05, 3.63) is 30.3 Å². The number of carboxylic acids is 1. The van der Waals surface area contributed by atoms with E-state index in [0.717, 1.165) is 0 Å². The quantitative estimate of drug-likeness (QED) is 0.841. The second-order valence-corrected chi connectivity index (χ2v) is 4.05. The van der Waals surface area contributed by atoms with Crippen LogP contribution in [0, 0.1) is 5.92 Å². The molecule has 0 spiro atoms. The lowest BCUT2D eigenvalue weighted by Crippen LogP contribution is -2.46. The van der Waals surface area contributed by atoms with Crippen LogP contribution in [0.25, 0.3) is 0 Å². The molecule has 0 aliphatic heterocycles. The molecule has 0 bridgehead atoms. The molecule has 0 aliphatic carbocycles. The molecule has 0 radical (unpaired) electrons. The summed E-state index contributed by atoms with van der Waals surface area (Å²) in [6.45, 7) is 3.63. The number of rotatable bonds is 5. The molecule has 2 N–H and O–H groups in total. The van der Waals surface area contributed by atoms with Crippen LogP contribution in [0.1, 0.15) is 20.3 Å². The van der Waals surface area contributed by atoms with Crippen molar-refractivity contribution in [3.63, 3.8) is 0 Å². The summed E-state index contributed by atoms with van der Waals surface area (Å²) in [5, 5.41) is 11.4. The van der Waals surface area contributed by atoms with E-state index in [1.807, 2.05) is 6.92 Å². The van der Waals surface area contributed by atoms with Crippen LogP contribution >= 0.6 is 0 Å². The molecule has 1 aromatic carbocycles. The number of benzene rings is 1. The molecule has 0 fully saturated rings. The average molecular weight is 251 g/mol. The lowest BCUT2D eigenvalue weighted by atomic mass is 10.00. The minimum Gasteiger partial charge on any atom is -0.480 e. The fraction of sp³-hybridized carbons (Fsp3) is 0.385. The molecule has 0 saturated carbocycles. The van der Waals surface area contributed by atoms with E-state index in [1.54, 1.807) is 37.3 Å². The van der Waals surface area contributed by atoms with Gasteiger partial charge in [0.05, 0.1) is 0 Å². The summed E-state index contributed by atoms with van der Waals surface area (Å²) in [7, 11) is 0. The lowest BCUT2D eigenvalue weighted by molar-refractivity contribution is -0.140. The molecule has 0 aliphatic rings. The number of carbonyl (C=O) groups excluding carboxylic acids is 1. The molecule has 1 aromatic rings. The number of ether oxygens (including phenoxy) is 1. The van der Waals surface area contributed by atoms with Crippen LogP contribution in [0.3, 0.4) is 0 Å². The molecule has 18 heavy (non-hydrogen) atoms. The highest BCUT2D eigenvalue weighted by Crippen LogP contribution is 2.11. The van der Waals surface area contributed by atoms with Gasteiger partial charge in [0.1, 0.15) is 11.8 Å². The Kier molecular flexibility index (Phi) is 5.17. The van der Waals surface area contributed by atoms with Crippen LogP contribution in [-0.4, -0.2) is 23.2 Å². The van der Waals surface area contributed by atoms with E-state index in [1.165, 1.54) is 0 Å². The van der Waals surface area contributed by atoms with E-state index in [9.17, 15) is 9.59 Å². The summed E-state index contributed by atoms with van der Waals surface area (Å²) < 4.78 is 4.98. The third-order valence-electron chi connectivity index (χ3n) is 2.71. The summed E-state index contributed by atoms with van der Waals surface area (Å²) in [5.41, 5.74) is 0. The first-order chi connectivity index (χ1) is 8.54. The van der Waals surface area contributed by atoms with Gasteiger partial charge in [0.15, 0.2) is 0 Å². The van der Waals surface area contributed by atoms with Crippen molar-refractivity contribution in [1.82, 2.24) is 5.32 Å². The number of aliphatic carboxylic acids is 1. The second kappa shape index (κ2) is 6.64. The molecule has 0 saturated heterocycles. The maximum Gasteiger partial charge on any atom is 0.413 e. The number of para-hydroxylation sites is 1. The number of nitrogens with one attached hydrogen (secondary N) is 1. The van der Waals surface area contributed by atoms with Gasteiger partial charge >= 0.3 is 12.1 Å². The molecule has 5 heteroatoms. The van der Waals surface area contributed by atoms with Crippen LogP contribution < -0.4 is 10.1 Å². The minimum atomic E-state index is -1.06. The zero-order chi connectivity index (χ0) is 13.5. The molecule has 1 rings (SSSR count). The lowest BCUT2D eigenvalue weighted by Gasteiger charge is -2.19. The molecule has 1 unspecified atom stereocenters. The van der Waals surface area contributed by atoms with Crippen molar-refractivity contribution in [1.29, 1.82) is 0 Å². The fourth-order valence-corrected chi connectivity index (χ4v) is 1.44. The zero-order valence-corrected chi connectivity index (χ0v) is 10.4. The Balaban J connectivity index is 2.60. The number of hydrogen-bond acceptors (Lipinski definition) is 3. The Morgan fingerprint density at radius 1 is 1.33 bits per heavy atom. The van der Waals surface area contributed by atoms with Gasteiger partial charge in [-0.3, -0.25) is 0 Å². The maximum atomic E-state index is 11.6. The van der Waals surface area contributed by atoms with Crippen LogP contribution in [0.5, 0.6) is 5.75 Å². The summed E-state index contributed by atoms with van der Waals surface area (Å²) in [5.74, 6) is -0.844. The Hall–Kier alpha value is -2.04. The van der Waals surface area contributed by atoms with Crippen LogP contribution in [0.2, 0.25) is 0 Å². The van der Waals surface area contributed by atoms with Gasteiger partial charge in [0.25, 0.3) is 0 Å². The van der Waals surface area contributed by atoms with E-state index in [0.29, 0.717) is 12.2 Å². The van der Waals surface area contributed by atoms with E-state index in [-0.39, 0.29) is 5.92 Å². The van der Waals surface area contributed by atoms with Gasteiger partial charge < -0.3 is 15.2 Å². The smallest absolute Gasteiger partial charge is 0.413 e. The monoisotopic (exact) mass is 251 g/mol. The SMILES string of the molecule is CCC(C)[C@H](NC(=O)Oc1ccccc1)C(=O)O. The Morgan fingerprint density at radius 2 is 1.94 bits per heavy atom. The summed E-state index contributed by atoms with van der Waals surface area (Å²) >= 11 is 0. The summed E-state index contributed by atoms with van der Waals surface area (Å²) in [6.07, 6.45) is -0.100. The predicted molar refractivity (Wildman–Crippen MR) is 66.5 cm³/mol. The average Bonchev–Trinajstić information content (AvgIpc) is 2.36. The van der Waals surface area contributed by atoms with E-state index in [2.05, 4.69) is 5.32 Å². The van der Waals surface area contributed by atoms with E-state index < -0.39 is 18.1 Å². The van der Waals surface area contributed by atoms with Crippen molar-refractivity contribution >= 4 is 12.1 Å². The molecule has 5 nitrogen and oxygen atoms in total. The molecule has 2 atom stereocenters. The first kappa shape index (κ1) is 14.0. The topological polar surface area (TPSA) is 75.6 Å². The van der Waals surface area contributed by atoms with E-state index >= 15 is 0 Å². The Labute approximate surface area is 106 Å². The van der Waals surface area contributed by atoms with Crippen molar-refractivity contribution in [2.45, 2.75) is 26.3 Å². The molecular formula is C13H17NO4. The number of carboxylic acid groups (broad SMARTS) is 1. The predicted octanol–water partition coefficient (Wildman–Crippen LogP) is 2.27. The van der Waals surface area contributed by atoms with Crippen molar-refractivity contribution in [3.8, 4) is 5.75 Å². The van der Waals surface area contributed by atoms with Crippen LogP contribution in [0.15, 0.2) is 30.3 Å². The van der Waals surface area contributed by atoms with Crippen molar-refractivity contribution < 1.29 is 19.4 Å². The first-order valence-corrected chi connectivity index (χ1v) is 5.80. The Morgan fingerprint density at radius 3 is 2.44 bits per heavy atom. The summed E-state index contributed by atoms with van der Waals surface area (Å²) in [6, 6.07) is 7.56. The number of carbonyl (C=O) groups is 2. The van der Waals surface area contributed by atoms with Crippen LogP contribution in [0.4, 0.5) is 4.79 Å². The summed E-state index contributed by atoms with van der Waals surface area (Å²) in [4.78, 5) is 22.6. The highest BCUT2D eigenvalue weighted by Gasteiger charge is 2.25. The molecule has 0 heterocycles. The second-order valence-electron chi connectivity index (χ2n) is 4.05. The minimum absolute atomic E-state index is 0.161. The normalized spacial score (nSPS) is 13.4.